The van der Waals surface area contributed by atoms with Crippen LogP contribution in [0.25, 0.3) is 0 Å². The van der Waals surface area contributed by atoms with Crippen LogP contribution in [0, 0.1) is 19.8 Å². The van der Waals surface area contributed by atoms with Gasteiger partial charge in [0.1, 0.15) is 0 Å². The fraction of sp³-hybridized carbons (Fsp3) is 0.826. The van der Waals surface area contributed by atoms with Gasteiger partial charge in [0, 0.05) is 0 Å². The van der Waals surface area contributed by atoms with E-state index in [2.05, 4.69) is 32.9 Å². The smallest absolute Gasteiger partial charge is 0.0351 e. The molecule has 0 heterocycles. The van der Waals surface area contributed by atoms with E-state index in [4.69, 9.17) is 0 Å². The minimum Gasteiger partial charge on any atom is -0.0885 e. The van der Waals surface area contributed by atoms with Gasteiger partial charge < -0.3 is 0 Å². The molecule has 0 bridgehead atoms. The Morgan fingerprint density at radius 2 is 1.00 bits per heavy atom. The molecule has 1 atom stereocenters. The van der Waals surface area contributed by atoms with Crippen LogP contribution in [0.15, 0.2) is 12.2 Å². The molecule has 0 fully saturated rings. The first kappa shape index (κ1) is 22.7. The lowest BCUT2D eigenvalue weighted by atomic mass is 9.97. The van der Waals surface area contributed by atoms with E-state index < -0.39 is 0 Å². The van der Waals surface area contributed by atoms with Crippen LogP contribution in [-0.2, 0) is 0 Å². The molecule has 0 N–H and O–H groups in total. The van der Waals surface area contributed by atoms with Gasteiger partial charge in [0.15, 0.2) is 0 Å². The van der Waals surface area contributed by atoms with E-state index in [1.807, 2.05) is 0 Å². The fourth-order valence-electron chi connectivity index (χ4n) is 3.13. The van der Waals surface area contributed by atoms with Gasteiger partial charge in [-0.25, -0.2) is 0 Å². The normalized spacial score (nSPS) is 13.0. The van der Waals surface area contributed by atoms with Crippen molar-refractivity contribution in [2.45, 2.75) is 116 Å². The van der Waals surface area contributed by atoms with Crippen LogP contribution in [0.2, 0.25) is 0 Å². The average Bonchev–Trinajstić information content (AvgIpc) is 2.56. The summed E-state index contributed by atoms with van der Waals surface area (Å²) in [6.07, 6.45) is 27.7. The van der Waals surface area contributed by atoms with Crippen LogP contribution < -0.4 is 0 Å². The molecule has 0 aliphatic carbocycles. The molecule has 2 radical (unpaired) electrons. The molecule has 0 rings (SSSR count). The lowest BCUT2D eigenvalue weighted by Crippen LogP contribution is -1.94. The highest BCUT2D eigenvalue weighted by Gasteiger charge is 2.00. The predicted octanol–water partition coefficient (Wildman–Crippen LogP) is 8.48. The Morgan fingerprint density at radius 3 is 1.57 bits per heavy atom. The SMILES string of the molecule is [CH2]CCCCCCCCCC=CCCCCCC(C)CCC[CH2]. The van der Waals surface area contributed by atoms with Crippen LogP contribution >= 0.6 is 0 Å². The van der Waals surface area contributed by atoms with Gasteiger partial charge in [0.05, 0.1) is 0 Å². The Hall–Kier alpha value is -0.260. The summed E-state index contributed by atoms with van der Waals surface area (Å²) in [4.78, 5) is 0. The van der Waals surface area contributed by atoms with Gasteiger partial charge in [-0.1, -0.05) is 116 Å². The first-order chi connectivity index (χ1) is 11.3. The monoisotopic (exact) mass is 320 g/mol. The highest BCUT2D eigenvalue weighted by Crippen LogP contribution is 2.16. The summed E-state index contributed by atoms with van der Waals surface area (Å²) < 4.78 is 0. The van der Waals surface area contributed by atoms with Crippen LogP contribution in [0.1, 0.15) is 116 Å². The van der Waals surface area contributed by atoms with Crippen molar-refractivity contribution in [1.82, 2.24) is 0 Å². The summed E-state index contributed by atoms with van der Waals surface area (Å²) in [5, 5.41) is 0. The van der Waals surface area contributed by atoms with E-state index in [1.54, 1.807) is 0 Å². The van der Waals surface area contributed by atoms with Crippen LogP contribution in [0.5, 0.6) is 0 Å². The highest BCUT2D eigenvalue weighted by molar-refractivity contribution is 4.81. The standard InChI is InChI=1S/C23H44/c1-4-6-8-9-10-11-12-13-14-15-16-17-18-19-20-22-23(3)21-7-5-2/h15-16,23H,1-2,4-14,17-22H2,3H3. The zero-order chi connectivity index (χ0) is 17.0. The van der Waals surface area contributed by atoms with Gasteiger partial charge >= 0.3 is 0 Å². The van der Waals surface area contributed by atoms with E-state index in [1.165, 1.54) is 96.3 Å². The molecule has 0 aliphatic heterocycles. The molecule has 0 aromatic carbocycles. The van der Waals surface area contributed by atoms with Crippen molar-refractivity contribution < 1.29 is 0 Å². The maximum atomic E-state index is 3.92. The molecule has 0 saturated carbocycles. The molecule has 0 heteroatoms. The van der Waals surface area contributed by atoms with Crippen molar-refractivity contribution in [1.29, 1.82) is 0 Å². The van der Waals surface area contributed by atoms with Crippen molar-refractivity contribution in [3.05, 3.63) is 26.0 Å². The van der Waals surface area contributed by atoms with E-state index in [9.17, 15) is 0 Å². The van der Waals surface area contributed by atoms with Crippen molar-refractivity contribution in [2.75, 3.05) is 0 Å². The van der Waals surface area contributed by atoms with Crippen molar-refractivity contribution in [3.63, 3.8) is 0 Å². The third-order valence-electron chi connectivity index (χ3n) is 4.80. The molecule has 0 amide bonds. The van der Waals surface area contributed by atoms with E-state index in [-0.39, 0.29) is 0 Å². The molecular weight excluding hydrogens is 276 g/mol. The topological polar surface area (TPSA) is 0 Å². The maximum Gasteiger partial charge on any atom is -0.0351 e. The van der Waals surface area contributed by atoms with Gasteiger partial charge in [0.2, 0.25) is 0 Å². The van der Waals surface area contributed by atoms with Crippen molar-refractivity contribution >= 4 is 0 Å². The summed E-state index contributed by atoms with van der Waals surface area (Å²) in [6, 6.07) is 0. The molecule has 0 nitrogen and oxygen atoms in total. The molecule has 0 saturated heterocycles. The van der Waals surface area contributed by atoms with Crippen LogP contribution in [0.4, 0.5) is 0 Å². The molecule has 23 heavy (non-hydrogen) atoms. The van der Waals surface area contributed by atoms with Gasteiger partial charge in [-0.15, -0.1) is 0 Å². The quantitative estimate of drug-likeness (QED) is 0.175. The minimum absolute atomic E-state index is 0.908. The summed E-state index contributed by atoms with van der Waals surface area (Å²) in [6.45, 7) is 10.2. The number of hydrogen-bond acceptors (Lipinski definition) is 0. The fourth-order valence-corrected chi connectivity index (χ4v) is 3.13. The lowest BCUT2D eigenvalue weighted by Gasteiger charge is -2.09. The third kappa shape index (κ3) is 19.7. The molecule has 1 unspecified atom stereocenters. The summed E-state index contributed by atoms with van der Waals surface area (Å²) in [5.41, 5.74) is 0. The molecule has 0 spiro atoms. The Morgan fingerprint density at radius 1 is 0.565 bits per heavy atom. The zero-order valence-electron chi connectivity index (χ0n) is 16.2. The molecule has 136 valence electrons. The lowest BCUT2D eigenvalue weighted by molar-refractivity contribution is 0.450. The van der Waals surface area contributed by atoms with Gasteiger partial charge in [-0.2, -0.15) is 0 Å². The van der Waals surface area contributed by atoms with Crippen molar-refractivity contribution in [3.8, 4) is 0 Å². The Kier molecular flexibility index (Phi) is 19.6. The number of unbranched alkanes of at least 4 members (excludes halogenated alkanes) is 12. The van der Waals surface area contributed by atoms with Crippen LogP contribution in [0.3, 0.4) is 0 Å². The predicted molar refractivity (Wildman–Crippen MR) is 108 cm³/mol. The van der Waals surface area contributed by atoms with Crippen molar-refractivity contribution in [2.24, 2.45) is 5.92 Å². The van der Waals surface area contributed by atoms with Crippen LogP contribution in [-0.4, -0.2) is 0 Å². The Labute approximate surface area is 148 Å². The van der Waals surface area contributed by atoms with Gasteiger partial charge in [-0.05, 0) is 31.6 Å². The first-order valence-corrected chi connectivity index (χ1v) is 10.5. The summed E-state index contributed by atoms with van der Waals surface area (Å²) in [5.74, 6) is 0.908. The largest absolute Gasteiger partial charge is 0.0885 e. The zero-order valence-corrected chi connectivity index (χ0v) is 16.2. The Balaban J connectivity index is 3.14. The van der Waals surface area contributed by atoms with E-state index in [0.717, 1.165) is 18.8 Å². The highest BCUT2D eigenvalue weighted by atomic mass is 14.1. The molecule has 0 aromatic rings. The van der Waals surface area contributed by atoms with Gasteiger partial charge in [-0.3, -0.25) is 0 Å². The first-order valence-electron chi connectivity index (χ1n) is 10.5. The van der Waals surface area contributed by atoms with E-state index >= 15 is 0 Å². The Bertz CT molecular complexity index is 228. The second-order valence-electron chi connectivity index (χ2n) is 7.33. The number of rotatable bonds is 18. The summed E-state index contributed by atoms with van der Waals surface area (Å²) >= 11 is 0. The molecular formula is C23H44. The average molecular weight is 321 g/mol. The molecule has 0 aromatic heterocycles. The molecule has 0 aliphatic rings. The van der Waals surface area contributed by atoms with Gasteiger partial charge in [0.25, 0.3) is 0 Å². The second-order valence-corrected chi connectivity index (χ2v) is 7.33. The minimum atomic E-state index is 0.908. The maximum absolute atomic E-state index is 3.92. The summed E-state index contributed by atoms with van der Waals surface area (Å²) in [7, 11) is 0. The number of allylic oxidation sites excluding steroid dienone is 2. The second kappa shape index (κ2) is 19.8. The number of hydrogen-bond donors (Lipinski definition) is 0. The van der Waals surface area contributed by atoms with E-state index in [0.29, 0.717) is 0 Å². The third-order valence-corrected chi connectivity index (χ3v) is 4.80.